The predicted octanol–water partition coefficient (Wildman–Crippen LogP) is 0.751. The number of likely N-dealkylation sites (N-methyl/N-ethyl adjacent to an activating group) is 1. The minimum atomic E-state index is -0.351. The van der Waals surface area contributed by atoms with Gasteiger partial charge in [0.2, 0.25) is 0 Å². The number of hydrogen-bond donors (Lipinski definition) is 1. The Morgan fingerprint density at radius 2 is 2.00 bits per heavy atom. The molecule has 0 bridgehead atoms. The van der Waals surface area contributed by atoms with E-state index >= 15 is 0 Å². The van der Waals surface area contributed by atoms with Crippen LogP contribution in [0.3, 0.4) is 0 Å². The molecule has 1 aromatic heterocycles. The van der Waals surface area contributed by atoms with E-state index < -0.39 is 0 Å². The van der Waals surface area contributed by atoms with Crippen molar-refractivity contribution in [2.75, 3.05) is 45.8 Å². The van der Waals surface area contributed by atoms with Crippen molar-refractivity contribution in [2.24, 2.45) is 0 Å². The van der Waals surface area contributed by atoms with E-state index in [9.17, 15) is 4.79 Å². The van der Waals surface area contributed by atoms with Crippen LogP contribution in [0, 0.1) is 6.92 Å². The molecule has 0 spiro atoms. The van der Waals surface area contributed by atoms with Gasteiger partial charge in [-0.25, -0.2) is 14.8 Å². The average Bonchev–Trinajstić information content (AvgIpc) is 2.41. The number of nitrogens with one attached hydrogen (secondary N) is 1. The van der Waals surface area contributed by atoms with Gasteiger partial charge < -0.3 is 15.1 Å². The first-order valence-corrected chi connectivity index (χ1v) is 6.36. The molecule has 2 rings (SSSR count). The van der Waals surface area contributed by atoms with Crippen LogP contribution in [0.2, 0.25) is 0 Å². The molecule has 2 heterocycles. The van der Waals surface area contributed by atoms with E-state index in [1.165, 1.54) is 7.11 Å². The summed E-state index contributed by atoms with van der Waals surface area (Å²) in [5, 5.41) is 2.14. The van der Waals surface area contributed by atoms with Crippen molar-refractivity contribution in [3.8, 4) is 0 Å². The molecular formula is C13H20N4O2. The van der Waals surface area contributed by atoms with Crippen LogP contribution in [0.5, 0.6) is 0 Å². The van der Waals surface area contributed by atoms with Gasteiger partial charge in [-0.2, -0.15) is 0 Å². The van der Waals surface area contributed by atoms with Crippen molar-refractivity contribution in [1.82, 2.24) is 14.9 Å². The second kappa shape index (κ2) is 5.99. The molecule has 104 valence electrons. The third-order valence-corrected chi connectivity index (χ3v) is 3.27. The number of aromatic nitrogens is 1. The molecule has 1 aliphatic rings. The van der Waals surface area contributed by atoms with Crippen molar-refractivity contribution in [3.05, 3.63) is 23.4 Å². The lowest BCUT2D eigenvalue weighted by atomic mass is 10.2. The molecule has 1 fully saturated rings. The Balaban J connectivity index is 2.02. The Bertz CT molecular complexity index is 456. The molecule has 1 aromatic rings. The second-order valence-electron chi connectivity index (χ2n) is 4.72. The maximum absolute atomic E-state index is 11.5. The second-order valence-corrected chi connectivity index (χ2v) is 4.72. The Labute approximate surface area is 113 Å². The van der Waals surface area contributed by atoms with Crippen LogP contribution in [0.1, 0.15) is 16.1 Å². The maximum atomic E-state index is 11.5. The summed E-state index contributed by atoms with van der Waals surface area (Å²) in [5.74, 6) is 0.408. The van der Waals surface area contributed by atoms with E-state index in [-0.39, 0.29) is 5.97 Å². The summed E-state index contributed by atoms with van der Waals surface area (Å²) in [6, 6.07) is 3.55. The van der Waals surface area contributed by atoms with Crippen LogP contribution in [0.4, 0.5) is 5.82 Å². The number of nitrogens with zero attached hydrogens (tertiary/aromatic N) is 3. The minimum absolute atomic E-state index is 0.351. The van der Waals surface area contributed by atoms with Crippen LogP contribution >= 0.6 is 0 Å². The van der Waals surface area contributed by atoms with Crippen molar-refractivity contribution in [1.29, 1.82) is 0 Å². The highest BCUT2D eigenvalue weighted by atomic mass is 16.5. The van der Waals surface area contributed by atoms with Gasteiger partial charge in [-0.05, 0) is 26.1 Å². The molecule has 6 heteroatoms. The van der Waals surface area contributed by atoms with Crippen molar-refractivity contribution in [3.63, 3.8) is 0 Å². The smallest absolute Gasteiger partial charge is 0.339 e. The molecular weight excluding hydrogens is 244 g/mol. The monoisotopic (exact) mass is 264 g/mol. The maximum Gasteiger partial charge on any atom is 0.339 e. The summed E-state index contributed by atoms with van der Waals surface area (Å²) in [6.07, 6.45) is 0. The molecule has 0 radical (unpaired) electrons. The van der Waals surface area contributed by atoms with E-state index in [0.717, 1.165) is 32.0 Å². The standard InChI is InChI=1S/C13H20N4O2/c1-10-11(13(18)19-3)4-5-12(14-10)15-17-8-6-16(2)7-9-17/h4-5H,6-9H2,1-3H3,(H,14,15). The van der Waals surface area contributed by atoms with Crippen LogP contribution < -0.4 is 5.43 Å². The number of rotatable bonds is 3. The first-order chi connectivity index (χ1) is 9.10. The van der Waals surface area contributed by atoms with Gasteiger partial charge in [0.15, 0.2) is 0 Å². The molecule has 0 aliphatic carbocycles. The number of hydrazine groups is 1. The number of anilines is 1. The number of hydrogen-bond acceptors (Lipinski definition) is 6. The lowest BCUT2D eigenvalue weighted by Crippen LogP contribution is -2.47. The summed E-state index contributed by atoms with van der Waals surface area (Å²) in [6.45, 7) is 5.78. The Morgan fingerprint density at radius 3 is 2.58 bits per heavy atom. The summed E-state index contributed by atoms with van der Waals surface area (Å²) in [5.41, 5.74) is 4.45. The SMILES string of the molecule is COC(=O)c1ccc(NN2CCN(C)CC2)nc1C. The third-order valence-electron chi connectivity index (χ3n) is 3.27. The number of carbonyl (C=O) groups is 1. The van der Waals surface area contributed by atoms with Gasteiger partial charge in [-0.15, -0.1) is 0 Å². The van der Waals surface area contributed by atoms with Crippen molar-refractivity contribution < 1.29 is 9.53 Å². The van der Waals surface area contributed by atoms with E-state index in [0.29, 0.717) is 11.3 Å². The summed E-state index contributed by atoms with van der Waals surface area (Å²) in [7, 11) is 3.49. The van der Waals surface area contributed by atoms with E-state index in [4.69, 9.17) is 4.74 Å². The number of methoxy groups -OCH3 is 1. The zero-order valence-electron chi connectivity index (χ0n) is 11.6. The molecule has 6 nitrogen and oxygen atoms in total. The number of pyridine rings is 1. The topological polar surface area (TPSA) is 57.7 Å². The number of esters is 1. The highest BCUT2D eigenvalue weighted by Crippen LogP contribution is 2.13. The predicted molar refractivity (Wildman–Crippen MR) is 73.0 cm³/mol. The Morgan fingerprint density at radius 1 is 1.32 bits per heavy atom. The number of carbonyl (C=O) groups excluding carboxylic acids is 1. The van der Waals surface area contributed by atoms with Gasteiger partial charge >= 0.3 is 5.97 Å². The molecule has 0 amide bonds. The van der Waals surface area contributed by atoms with Crippen molar-refractivity contribution in [2.45, 2.75) is 6.92 Å². The zero-order valence-corrected chi connectivity index (χ0v) is 11.6. The van der Waals surface area contributed by atoms with Gasteiger partial charge in [0.05, 0.1) is 18.4 Å². The van der Waals surface area contributed by atoms with E-state index in [1.807, 2.05) is 0 Å². The Hall–Kier alpha value is -1.66. The van der Waals surface area contributed by atoms with Crippen LogP contribution in [0.25, 0.3) is 0 Å². The normalized spacial score (nSPS) is 17.2. The highest BCUT2D eigenvalue weighted by molar-refractivity contribution is 5.90. The van der Waals surface area contributed by atoms with Crippen LogP contribution in [-0.2, 0) is 4.74 Å². The van der Waals surface area contributed by atoms with E-state index in [2.05, 4.69) is 27.4 Å². The molecule has 1 N–H and O–H groups in total. The van der Waals surface area contributed by atoms with Gasteiger partial charge in [0, 0.05) is 26.2 Å². The number of ether oxygens (including phenoxy) is 1. The molecule has 0 saturated carbocycles. The Kier molecular flexibility index (Phi) is 4.34. The number of aryl methyl sites for hydroxylation is 1. The van der Waals surface area contributed by atoms with Crippen LogP contribution in [-0.4, -0.2) is 61.2 Å². The molecule has 19 heavy (non-hydrogen) atoms. The fourth-order valence-electron chi connectivity index (χ4n) is 2.03. The number of piperazine rings is 1. The zero-order chi connectivity index (χ0) is 13.8. The van der Waals surface area contributed by atoms with Crippen molar-refractivity contribution >= 4 is 11.8 Å². The minimum Gasteiger partial charge on any atom is -0.465 e. The summed E-state index contributed by atoms with van der Waals surface area (Å²) in [4.78, 5) is 18.2. The van der Waals surface area contributed by atoms with Gasteiger partial charge in [0.25, 0.3) is 0 Å². The highest BCUT2D eigenvalue weighted by Gasteiger charge is 2.15. The fourth-order valence-corrected chi connectivity index (χ4v) is 2.03. The molecule has 1 aliphatic heterocycles. The average molecular weight is 264 g/mol. The quantitative estimate of drug-likeness (QED) is 0.813. The third kappa shape index (κ3) is 3.42. The molecule has 0 unspecified atom stereocenters. The first kappa shape index (κ1) is 13.8. The fraction of sp³-hybridized carbons (Fsp3) is 0.538. The van der Waals surface area contributed by atoms with Crippen LogP contribution in [0.15, 0.2) is 12.1 Å². The first-order valence-electron chi connectivity index (χ1n) is 6.36. The molecule has 0 aromatic carbocycles. The molecule has 0 atom stereocenters. The van der Waals surface area contributed by atoms with E-state index in [1.54, 1.807) is 19.1 Å². The van der Waals surface area contributed by atoms with Gasteiger partial charge in [0.1, 0.15) is 5.82 Å². The largest absolute Gasteiger partial charge is 0.465 e. The molecule has 1 saturated heterocycles. The summed E-state index contributed by atoms with van der Waals surface area (Å²) >= 11 is 0. The van der Waals surface area contributed by atoms with Gasteiger partial charge in [-0.1, -0.05) is 0 Å². The van der Waals surface area contributed by atoms with Gasteiger partial charge in [-0.3, -0.25) is 0 Å². The lowest BCUT2D eigenvalue weighted by molar-refractivity contribution is 0.0599. The summed E-state index contributed by atoms with van der Waals surface area (Å²) < 4.78 is 4.70. The lowest BCUT2D eigenvalue weighted by Gasteiger charge is -2.32.